The number of benzene rings is 2. The molecule has 0 radical (unpaired) electrons. The van der Waals surface area contributed by atoms with E-state index in [-0.39, 0.29) is 5.91 Å². The van der Waals surface area contributed by atoms with E-state index in [0.717, 1.165) is 34.9 Å². The molecule has 0 fully saturated rings. The maximum atomic E-state index is 11.7. The zero-order valence-electron chi connectivity index (χ0n) is 14.7. The van der Waals surface area contributed by atoms with Gasteiger partial charge in [-0.2, -0.15) is 0 Å². The molecule has 4 rings (SSSR count). The predicted octanol–water partition coefficient (Wildman–Crippen LogP) is 5.00. The van der Waals surface area contributed by atoms with Gasteiger partial charge in [0.05, 0.1) is 5.69 Å². The molecule has 2 aromatic carbocycles. The van der Waals surface area contributed by atoms with Gasteiger partial charge in [0.1, 0.15) is 5.01 Å². The third-order valence-corrected chi connectivity index (χ3v) is 5.80. The topological polar surface area (TPSA) is 33.2 Å². The minimum atomic E-state index is 0.109. The van der Waals surface area contributed by atoms with Crippen LogP contribution in [-0.4, -0.2) is 17.4 Å². The third kappa shape index (κ3) is 2.76. The number of carbonyl (C=O) groups is 1. The van der Waals surface area contributed by atoms with Crippen molar-refractivity contribution in [2.24, 2.45) is 0 Å². The molecular formula is C21H20N2OS. The Bertz CT molecular complexity index is 974. The molecular weight excluding hydrogens is 328 g/mol. The molecule has 0 saturated carbocycles. The van der Waals surface area contributed by atoms with Gasteiger partial charge < -0.3 is 4.90 Å². The number of thiazole rings is 1. The molecule has 1 aromatic heterocycles. The average molecular weight is 348 g/mol. The Morgan fingerprint density at radius 3 is 2.72 bits per heavy atom. The normalized spacial score (nSPS) is 13.2. The first kappa shape index (κ1) is 16.0. The number of amides is 1. The molecule has 0 saturated heterocycles. The fraction of sp³-hybridized carbons (Fsp3) is 0.238. The summed E-state index contributed by atoms with van der Waals surface area (Å²) in [6.45, 7) is 6.65. The van der Waals surface area contributed by atoms with Crippen molar-refractivity contribution in [3.8, 4) is 21.8 Å². The van der Waals surface area contributed by atoms with Gasteiger partial charge >= 0.3 is 0 Å². The Morgan fingerprint density at radius 2 is 1.96 bits per heavy atom. The van der Waals surface area contributed by atoms with Crippen LogP contribution in [-0.2, 0) is 11.2 Å². The van der Waals surface area contributed by atoms with E-state index in [2.05, 4.69) is 56.3 Å². The third-order valence-electron chi connectivity index (χ3n) is 4.80. The monoisotopic (exact) mass is 348 g/mol. The summed E-state index contributed by atoms with van der Waals surface area (Å²) in [4.78, 5) is 19.7. The number of nitrogens with zero attached hydrogens (tertiary/aromatic N) is 2. The summed E-state index contributed by atoms with van der Waals surface area (Å²) in [6, 6.07) is 14.7. The van der Waals surface area contributed by atoms with Crippen molar-refractivity contribution in [1.82, 2.24) is 4.98 Å². The van der Waals surface area contributed by atoms with Crippen molar-refractivity contribution in [1.29, 1.82) is 0 Å². The van der Waals surface area contributed by atoms with Crippen LogP contribution in [0.25, 0.3) is 21.8 Å². The van der Waals surface area contributed by atoms with Gasteiger partial charge in [-0.15, -0.1) is 11.3 Å². The summed E-state index contributed by atoms with van der Waals surface area (Å²) >= 11 is 1.74. The Hall–Kier alpha value is -2.46. The molecule has 0 atom stereocenters. The highest BCUT2D eigenvalue weighted by Crippen LogP contribution is 2.37. The molecule has 126 valence electrons. The summed E-state index contributed by atoms with van der Waals surface area (Å²) in [5.41, 5.74) is 6.91. The van der Waals surface area contributed by atoms with Crippen LogP contribution in [0.5, 0.6) is 0 Å². The number of hydrogen-bond donors (Lipinski definition) is 0. The molecule has 0 spiro atoms. The van der Waals surface area contributed by atoms with Gasteiger partial charge in [0.15, 0.2) is 0 Å². The molecule has 2 heterocycles. The fourth-order valence-electron chi connectivity index (χ4n) is 3.47. The molecule has 0 unspecified atom stereocenters. The van der Waals surface area contributed by atoms with Crippen LogP contribution in [0.1, 0.15) is 22.9 Å². The predicted molar refractivity (Wildman–Crippen MR) is 104 cm³/mol. The molecule has 0 bridgehead atoms. The van der Waals surface area contributed by atoms with Crippen molar-refractivity contribution in [3.63, 3.8) is 0 Å². The zero-order chi connectivity index (χ0) is 17.6. The number of hydrogen-bond acceptors (Lipinski definition) is 3. The first-order valence-electron chi connectivity index (χ1n) is 8.49. The zero-order valence-corrected chi connectivity index (χ0v) is 15.5. The lowest BCUT2D eigenvalue weighted by atomic mass is 10.1. The summed E-state index contributed by atoms with van der Waals surface area (Å²) in [5, 5.41) is 1.07. The SMILES string of the molecule is CC(=O)N1CCc2cc(-c3nc(-c4ccccc4C)sc3C)ccc21. The van der Waals surface area contributed by atoms with Crippen molar-refractivity contribution >= 4 is 22.9 Å². The van der Waals surface area contributed by atoms with Crippen LogP contribution < -0.4 is 4.90 Å². The van der Waals surface area contributed by atoms with Gasteiger partial charge in [-0.3, -0.25) is 4.79 Å². The van der Waals surface area contributed by atoms with E-state index in [4.69, 9.17) is 4.98 Å². The van der Waals surface area contributed by atoms with Gasteiger partial charge in [-0.1, -0.05) is 30.3 Å². The van der Waals surface area contributed by atoms with E-state index in [1.807, 2.05) is 4.90 Å². The minimum Gasteiger partial charge on any atom is -0.312 e. The lowest BCUT2D eigenvalue weighted by Gasteiger charge is -2.14. The quantitative estimate of drug-likeness (QED) is 0.653. The molecule has 3 nitrogen and oxygen atoms in total. The van der Waals surface area contributed by atoms with E-state index in [1.165, 1.54) is 21.6 Å². The number of aryl methyl sites for hydroxylation is 2. The number of anilines is 1. The maximum absolute atomic E-state index is 11.7. The lowest BCUT2D eigenvalue weighted by Crippen LogP contribution is -2.25. The second kappa shape index (κ2) is 6.12. The molecule has 1 aliphatic heterocycles. The van der Waals surface area contributed by atoms with Crippen LogP contribution in [0.2, 0.25) is 0 Å². The van der Waals surface area contributed by atoms with Crippen molar-refractivity contribution in [3.05, 3.63) is 58.5 Å². The van der Waals surface area contributed by atoms with E-state index < -0.39 is 0 Å². The van der Waals surface area contributed by atoms with Gasteiger partial charge in [0.25, 0.3) is 0 Å². The van der Waals surface area contributed by atoms with Crippen LogP contribution in [0.3, 0.4) is 0 Å². The van der Waals surface area contributed by atoms with Gasteiger partial charge in [0.2, 0.25) is 5.91 Å². The summed E-state index contributed by atoms with van der Waals surface area (Å²) in [7, 11) is 0. The fourth-order valence-corrected chi connectivity index (χ4v) is 4.49. The first-order valence-corrected chi connectivity index (χ1v) is 9.31. The van der Waals surface area contributed by atoms with E-state index in [9.17, 15) is 4.79 Å². The van der Waals surface area contributed by atoms with Crippen LogP contribution >= 0.6 is 11.3 Å². The number of carbonyl (C=O) groups excluding carboxylic acids is 1. The van der Waals surface area contributed by atoms with Crippen molar-refractivity contribution < 1.29 is 4.79 Å². The second-order valence-electron chi connectivity index (χ2n) is 6.50. The highest BCUT2D eigenvalue weighted by molar-refractivity contribution is 7.15. The minimum absolute atomic E-state index is 0.109. The van der Waals surface area contributed by atoms with Crippen molar-refractivity contribution in [2.45, 2.75) is 27.2 Å². The molecule has 1 aliphatic rings. The molecule has 0 aliphatic carbocycles. The number of aromatic nitrogens is 1. The standard InChI is InChI=1S/C21H20N2OS/c1-13-6-4-5-7-18(13)21-22-20(14(2)25-21)17-8-9-19-16(12-17)10-11-23(19)15(3)24/h4-9,12H,10-11H2,1-3H3. The molecule has 0 N–H and O–H groups in total. The maximum Gasteiger partial charge on any atom is 0.223 e. The van der Waals surface area contributed by atoms with Gasteiger partial charge in [-0.05, 0) is 43.5 Å². The summed E-state index contributed by atoms with van der Waals surface area (Å²) in [5.74, 6) is 0.109. The smallest absolute Gasteiger partial charge is 0.223 e. The molecule has 1 amide bonds. The van der Waals surface area contributed by atoms with E-state index in [1.54, 1.807) is 18.3 Å². The second-order valence-corrected chi connectivity index (χ2v) is 7.71. The van der Waals surface area contributed by atoms with E-state index >= 15 is 0 Å². The highest BCUT2D eigenvalue weighted by atomic mass is 32.1. The highest BCUT2D eigenvalue weighted by Gasteiger charge is 2.23. The Labute approximate surface area is 152 Å². The van der Waals surface area contributed by atoms with Crippen LogP contribution in [0, 0.1) is 13.8 Å². The molecule has 4 heteroatoms. The van der Waals surface area contributed by atoms with Gasteiger partial charge in [-0.25, -0.2) is 4.98 Å². The summed E-state index contributed by atoms with van der Waals surface area (Å²) < 4.78 is 0. The largest absolute Gasteiger partial charge is 0.312 e. The number of rotatable bonds is 2. The van der Waals surface area contributed by atoms with Crippen LogP contribution in [0.15, 0.2) is 42.5 Å². The van der Waals surface area contributed by atoms with Crippen molar-refractivity contribution in [2.75, 3.05) is 11.4 Å². The Balaban J connectivity index is 1.75. The Kier molecular flexibility index (Phi) is 3.92. The molecule has 25 heavy (non-hydrogen) atoms. The van der Waals surface area contributed by atoms with Gasteiger partial charge in [0, 0.05) is 35.2 Å². The lowest BCUT2D eigenvalue weighted by molar-refractivity contribution is -0.116. The first-order chi connectivity index (χ1) is 12.0. The van der Waals surface area contributed by atoms with E-state index in [0.29, 0.717) is 0 Å². The summed E-state index contributed by atoms with van der Waals surface area (Å²) in [6.07, 6.45) is 0.913. The average Bonchev–Trinajstić information content (AvgIpc) is 3.18. The van der Waals surface area contributed by atoms with Crippen LogP contribution in [0.4, 0.5) is 5.69 Å². The number of fused-ring (bicyclic) bond motifs is 1. The Morgan fingerprint density at radius 1 is 1.16 bits per heavy atom. The molecule has 3 aromatic rings.